The van der Waals surface area contributed by atoms with Crippen LogP contribution >= 0.6 is 0 Å². The summed E-state index contributed by atoms with van der Waals surface area (Å²) in [6, 6.07) is -0.611. The lowest BCUT2D eigenvalue weighted by Crippen LogP contribution is -2.37. The number of likely N-dealkylation sites (tertiary alicyclic amines) is 1. The van der Waals surface area contributed by atoms with Gasteiger partial charge in [-0.3, -0.25) is 9.88 Å². The van der Waals surface area contributed by atoms with E-state index in [2.05, 4.69) is 26.2 Å². The Bertz CT molecular complexity index is 1100. The van der Waals surface area contributed by atoms with Crippen LogP contribution in [0.2, 0.25) is 0 Å². The Hall–Kier alpha value is -2.44. The molecule has 1 fully saturated rings. The van der Waals surface area contributed by atoms with Gasteiger partial charge in [-0.15, -0.1) is 0 Å². The van der Waals surface area contributed by atoms with E-state index in [1.54, 1.807) is 12.3 Å². The summed E-state index contributed by atoms with van der Waals surface area (Å²) in [7, 11) is -1.36. The molecule has 4 rings (SSSR count). The first-order valence-electron chi connectivity index (χ1n) is 10.9. The Morgan fingerprint density at radius 3 is 2.87 bits per heavy atom. The first-order chi connectivity index (χ1) is 14.7. The molecule has 2 N–H and O–H groups in total. The maximum absolute atomic E-state index is 13.2. The highest BCUT2D eigenvalue weighted by Crippen LogP contribution is 2.41. The first kappa shape index (κ1) is 21.8. The fourth-order valence-corrected chi connectivity index (χ4v) is 6.03. The van der Waals surface area contributed by atoms with Crippen molar-refractivity contribution in [1.82, 2.24) is 14.6 Å². The topological polar surface area (TPSA) is 110 Å². The normalized spacial score (nSPS) is 26.8. The van der Waals surface area contributed by atoms with Crippen molar-refractivity contribution in [3.05, 3.63) is 34.0 Å². The quantitative estimate of drug-likeness (QED) is 0.692. The zero-order chi connectivity index (χ0) is 22.2. The number of nitriles is 1. The molecule has 1 aromatic heterocycles. The van der Waals surface area contributed by atoms with Crippen LogP contribution < -0.4 is 10.0 Å². The van der Waals surface area contributed by atoms with Crippen molar-refractivity contribution in [3.63, 3.8) is 0 Å². The first-order valence-corrected chi connectivity index (χ1v) is 12.5. The van der Waals surface area contributed by atoms with Crippen LogP contribution in [-0.2, 0) is 29.2 Å². The lowest BCUT2D eigenvalue weighted by Gasteiger charge is -2.28. The standard InChI is InChI=1S/C22H30N6O2S/c1-15-8-9-17-19(15)25-18-7-4-6-16(18)20(17)26-21(29)27-31(30,24-14-23)13-11-22(2)10-5-12-28(22)3/h11,13,15H,4-10,12H2,1-3H3,(H2,24,25,26,27,29,30)/b13-11+/t15?,22-,31?/m0/s1. The summed E-state index contributed by atoms with van der Waals surface area (Å²) in [5.41, 5.74) is 4.83. The highest BCUT2D eigenvalue weighted by molar-refractivity contribution is 7.95. The summed E-state index contributed by atoms with van der Waals surface area (Å²) in [5, 5.41) is 13.4. The fraction of sp³-hybridized carbons (Fsp3) is 0.591. The Kier molecular flexibility index (Phi) is 5.79. The lowest BCUT2D eigenvalue weighted by molar-refractivity contribution is 0.251. The molecule has 8 nitrogen and oxygen atoms in total. The van der Waals surface area contributed by atoms with Gasteiger partial charge in [0.2, 0.25) is 6.19 Å². The third-order valence-electron chi connectivity index (χ3n) is 6.96. The minimum atomic E-state index is -3.37. The molecule has 1 saturated heterocycles. The molecule has 0 radical (unpaired) electrons. The monoisotopic (exact) mass is 442 g/mol. The number of nitrogens with one attached hydrogen (secondary N) is 2. The maximum atomic E-state index is 13.2. The number of urea groups is 1. The number of hydrogen-bond donors (Lipinski definition) is 2. The Balaban J connectivity index is 1.58. The SMILES string of the molecule is CC1CCc2c1nc1c(c2NC(=O)NS(=O)(/C=C/[C@]2(C)CCCN2C)=NC#N)CCC1. The summed E-state index contributed by atoms with van der Waals surface area (Å²) in [5.74, 6) is 0.370. The van der Waals surface area contributed by atoms with Gasteiger partial charge in [0, 0.05) is 22.3 Å². The van der Waals surface area contributed by atoms with Gasteiger partial charge >= 0.3 is 6.03 Å². The lowest BCUT2D eigenvalue weighted by atomic mass is 10.00. The molecule has 2 unspecified atom stereocenters. The third kappa shape index (κ3) is 4.19. The van der Waals surface area contributed by atoms with Crippen LogP contribution in [0.15, 0.2) is 15.8 Å². The van der Waals surface area contributed by atoms with Crippen LogP contribution in [0.25, 0.3) is 0 Å². The number of amides is 2. The molecule has 0 spiro atoms. The number of carbonyl (C=O) groups excluding carboxylic acids is 1. The average Bonchev–Trinajstić information content (AvgIpc) is 3.41. The van der Waals surface area contributed by atoms with Gasteiger partial charge in [-0.2, -0.15) is 5.26 Å². The van der Waals surface area contributed by atoms with E-state index in [0.29, 0.717) is 5.92 Å². The van der Waals surface area contributed by atoms with Gasteiger partial charge < -0.3 is 5.32 Å². The van der Waals surface area contributed by atoms with E-state index in [0.717, 1.165) is 79.7 Å². The number of aryl methyl sites for hydroxylation is 1. The van der Waals surface area contributed by atoms with E-state index in [-0.39, 0.29) is 5.54 Å². The summed E-state index contributed by atoms with van der Waals surface area (Å²) in [4.78, 5) is 19.9. The van der Waals surface area contributed by atoms with Gasteiger partial charge in [-0.25, -0.2) is 13.7 Å². The number of aromatic nitrogens is 1. The maximum Gasteiger partial charge on any atom is 0.331 e. The number of likely N-dealkylation sites (N-methyl/N-ethyl adjacent to an activating group) is 1. The van der Waals surface area contributed by atoms with Gasteiger partial charge in [0.05, 0.1) is 5.69 Å². The summed E-state index contributed by atoms with van der Waals surface area (Å²) in [6.07, 6.45) is 10.0. The van der Waals surface area contributed by atoms with Crippen molar-refractivity contribution >= 4 is 21.6 Å². The largest absolute Gasteiger partial charge is 0.331 e. The molecule has 3 atom stereocenters. The number of pyridine rings is 1. The Morgan fingerprint density at radius 2 is 2.16 bits per heavy atom. The van der Waals surface area contributed by atoms with Crippen LogP contribution in [-0.4, -0.2) is 39.3 Å². The predicted octanol–water partition coefficient (Wildman–Crippen LogP) is 3.60. The summed E-state index contributed by atoms with van der Waals surface area (Å²) < 4.78 is 19.2. The molecule has 0 bridgehead atoms. The van der Waals surface area contributed by atoms with Crippen molar-refractivity contribution in [3.8, 4) is 6.19 Å². The molecule has 0 saturated carbocycles. The second-order valence-electron chi connectivity index (χ2n) is 9.07. The van der Waals surface area contributed by atoms with Gasteiger partial charge in [0.1, 0.15) is 0 Å². The molecule has 2 heterocycles. The summed E-state index contributed by atoms with van der Waals surface area (Å²) >= 11 is 0. The van der Waals surface area contributed by atoms with Crippen LogP contribution in [0.4, 0.5) is 10.5 Å². The molecule has 3 aliphatic rings. The summed E-state index contributed by atoms with van der Waals surface area (Å²) in [6.45, 7) is 5.16. The molecule has 2 amide bonds. The third-order valence-corrected chi connectivity index (χ3v) is 8.30. The van der Waals surface area contributed by atoms with Crippen molar-refractivity contribution in [2.75, 3.05) is 18.9 Å². The second kappa shape index (κ2) is 8.24. The molecule has 0 aromatic carbocycles. The van der Waals surface area contributed by atoms with Crippen LogP contribution in [0.1, 0.15) is 68.0 Å². The van der Waals surface area contributed by atoms with E-state index in [1.807, 2.05) is 14.0 Å². The van der Waals surface area contributed by atoms with E-state index >= 15 is 0 Å². The molecular formula is C22H30N6O2S. The zero-order valence-corrected chi connectivity index (χ0v) is 19.2. The van der Waals surface area contributed by atoms with Crippen molar-refractivity contribution in [2.24, 2.45) is 4.36 Å². The molecule has 31 heavy (non-hydrogen) atoms. The molecular weight excluding hydrogens is 412 g/mol. The van der Waals surface area contributed by atoms with Gasteiger partial charge in [-0.05, 0) is 82.5 Å². The molecule has 2 aliphatic carbocycles. The molecule has 166 valence electrons. The molecule has 1 aliphatic heterocycles. The average molecular weight is 443 g/mol. The highest BCUT2D eigenvalue weighted by atomic mass is 32.2. The van der Waals surface area contributed by atoms with Gasteiger partial charge in [0.15, 0.2) is 9.92 Å². The van der Waals surface area contributed by atoms with Crippen LogP contribution in [0.3, 0.4) is 0 Å². The Morgan fingerprint density at radius 1 is 1.35 bits per heavy atom. The fourth-order valence-electron chi connectivity index (χ4n) is 4.94. The van der Waals surface area contributed by atoms with Crippen molar-refractivity contribution in [2.45, 2.75) is 70.3 Å². The number of anilines is 1. The van der Waals surface area contributed by atoms with E-state index in [1.165, 1.54) is 5.41 Å². The number of nitrogens with zero attached hydrogens (tertiary/aromatic N) is 4. The number of carbonyl (C=O) groups is 1. The Labute approximate surface area is 184 Å². The van der Waals surface area contributed by atoms with Crippen molar-refractivity contribution < 1.29 is 9.00 Å². The second-order valence-corrected chi connectivity index (χ2v) is 10.9. The number of hydrogen-bond acceptors (Lipinski definition) is 6. The van der Waals surface area contributed by atoms with Crippen molar-refractivity contribution in [1.29, 1.82) is 5.26 Å². The minimum absolute atomic E-state index is 0.269. The predicted molar refractivity (Wildman–Crippen MR) is 121 cm³/mol. The number of rotatable bonds is 4. The molecule has 1 aromatic rings. The van der Waals surface area contributed by atoms with Gasteiger partial charge in [0.25, 0.3) is 0 Å². The minimum Gasteiger partial charge on any atom is -0.307 e. The highest BCUT2D eigenvalue weighted by Gasteiger charge is 2.32. The molecule has 9 heteroatoms. The van der Waals surface area contributed by atoms with Crippen LogP contribution in [0.5, 0.6) is 0 Å². The van der Waals surface area contributed by atoms with E-state index < -0.39 is 15.9 Å². The number of fused-ring (bicyclic) bond motifs is 2. The van der Waals surface area contributed by atoms with E-state index in [4.69, 9.17) is 10.2 Å². The van der Waals surface area contributed by atoms with Gasteiger partial charge in [-0.1, -0.05) is 17.4 Å². The smallest absolute Gasteiger partial charge is 0.307 e. The van der Waals surface area contributed by atoms with E-state index in [9.17, 15) is 9.00 Å². The zero-order valence-electron chi connectivity index (χ0n) is 18.4. The van der Waals surface area contributed by atoms with Crippen LogP contribution in [0, 0.1) is 11.5 Å².